The van der Waals surface area contributed by atoms with Gasteiger partial charge in [0, 0.05) is 0 Å². The molecule has 0 bridgehead atoms. The molecular formula is C16H12F2O. The first-order chi connectivity index (χ1) is 9.31. The van der Waals surface area contributed by atoms with Crippen LogP contribution in [-0.2, 0) is 0 Å². The second-order valence-electron chi connectivity index (χ2n) is 3.83. The first-order valence-corrected chi connectivity index (χ1v) is 5.73. The smallest absolute Gasteiger partial charge is 0.127 e. The summed E-state index contributed by atoms with van der Waals surface area (Å²) in [5.74, 6) is 1.31. The third-order valence-electron chi connectivity index (χ3n) is 2.51. The molecule has 0 N–H and O–H groups in total. The van der Waals surface area contributed by atoms with Gasteiger partial charge >= 0.3 is 0 Å². The number of hydrogen-bond acceptors (Lipinski definition) is 1. The highest BCUT2D eigenvalue weighted by Gasteiger charge is 1.97. The van der Waals surface area contributed by atoms with Gasteiger partial charge < -0.3 is 4.74 Å². The van der Waals surface area contributed by atoms with E-state index < -0.39 is 0 Å². The zero-order valence-electron chi connectivity index (χ0n) is 10.1. The van der Waals surface area contributed by atoms with Gasteiger partial charge in [0.15, 0.2) is 0 Å². The van der Waals surface area contributed by atoms with Crippen LogP contribution in [0.2, 0.25) is 0 Å². The van der Waals surface area contributed by atoms with Crippen molar-refractivity contribution < 1.29 is 13.5 Å². The summed E-state index contributed by atoms with van der Waals surface area (Å²) in [5, 5.41) is 0. The van der Waals surface area contributed by atoms with Crippen molar-refractivity contribution in [1.82, 2.24) is 0 Å². The van der Waals surface area contributed by atoms with E-state index in [2.05, 4.69) is 0 Å². The number of halogens is 2. The van der Waals surface area contributed by atoms with Crippen molar-refractivity contribution in [2.24, 2.45) is 0 Å². The van der Waals surface area contributed by atoms with E-state index in [-0.39, 0.29) is 0 Å². The summed E-state index contributed by atoms with van der Waals surface area (Å²) < 4.78 is 29.6. The van der Waals surface area contributed by atoms with Gasteiger partial charge in [-0.15, -0.1) is 0 Å². The maximum Gasteiger partial charge on any atom is 0.127 e. The normalized spacial score (nSPS) is 11.3. The standard InChI is InChI=1S/C16H12F2O/c17-11-9-13-1-5-15(6-2-13)19-16-7-3-14(4-8-16)10-12-18/h1-12H. The van der Waals surface area contributed by atoms with Crippen LogP contribution in [0.1, 0.15) is 11.1 Å². The third-order valence-corrected chi connectivity index (χ3v) is 2.51. The summed E-state index contributed by atoms with van der Waals surface area (Å²) in [6.07, 6.45) is 3.71. The Hall–Kier alpha value is -2.42. The Bertz CT molecular complexity index is 515. The van der Waals surface area contributed by atoms with Crippen LogP contribution in [0.4, 0.5) is 8.78 Å². The molecule has 0 saturated carbocycles. The average Bonchev–Trinajstić information content (AvgIpc) is 2.44. The van der Waals surface area contributed by atoms with Crippen molar-refractivity contribution in [1.29, 1.82) is 0 Å². The Labute approximate surface area is 110 Å². The molecule has 0 aliphatic carbocycles. The molecule has 0 fully saturated rings. The summed E-state index contributed by atoms with van der Waals surface area (Å²) in [4.78, 5) is 0. The lowest BCUT2D eigenvalue weighted by Crippen LogP contribution is -1.84. The van der Waals surface area contributed by atoms with Crippen molar-refractivity contribution in [3.8, 4) is 11.5 Å². The minimum Gasteiger partial charge on any atom is -0.457 e. The monoisotopic (exact) mass is 258 g/mol. The predicted molar refractivity (Wildman–Crippen MR) is 73.2 cm³/mol. The molecule has 2 aromatic rings. The molecule has 2 rings (SSSR count). The molecule has 0 saturated heterocycles. The van der Waals surface area contributed by atoms with Gasteiger partial charge in [-0.05, 0) is 47.5 Å². The minimum absolute atomic E-state index is 0.493. The zero-order chi connectivity index (χ0) is 13.5. The maximum absolute atomic E-state index is 12.0. The summed E-state index contributed by atoms with van der Waals surface area (Å²) in [6, 6.07) is 14.0. The Balaban J connectivity index is 2.07. The van der Waals surface area contributed by atoms with Gasteiger partial charge in [0.05, 0.1) is 12.7 Å². The van der Waals surface area contributed by atoms with Crippen molar-refractivity contribution >= 4 is 12.2 Å². The molecular weight excluding hydrogens is 246 g/mol. The lowest BCUT2D eigenvalue weighted by molar-refractivity contribution is 0.482. The van der Waals surface area contributed by atoms with E-state index in [1.165, 1.54) is 12.2 Å². The van der Waals surface area contributed by atoms with E-state index in [4.69, 9.17) is 4.74 Å². The third kappa shape index (κ3) is 3.78. The van der Waals surface area contributed by atoms with Crippen molar-refractivity contribution in [3.63, 3.8) is 0 Å². The highest BCUT2D eigenvalue weighted by atomic mass is 19.1. The first-order valence-electron chi connectivity index (χ1n) is 5.73. The van der Waals surface area contributed by atoms with Crippen molar-refractivity contribution in [3.05, 3.63) is 72.3 Å². The summed E-state index contributed by atoms with van der Waals surface area (Å²) in [6.45, 7) is 0. The van der Waals surface area contributed by atoms with Crippen molar-refractivity contribution in [2.45, 2.75) is 0 Å². The van der Waals surface area contributed by atoms with Crippen LogP contribution in [0, 0.1) is 0 Å². The van der Waals surface area contributed by atoms with Gasteiger partial charge in [-0.1, -0.05) is 24.3 Å². The van der Waals surface area contributed by atoms with Gasteiger partial charge in [-0.25, -0.2) is 8.78 Å². The number of hydrogen-bond donors (Lipinski definition) is 0. The fraction of sp³-hybridized carbons (Fsp3) is 0. The van der Waals surface area contributed by atoms with Gasteiger partial charge in [0.1, 0.15) is 11.5 Å². The highest BCUT2D eigenvalue weighted by molar-refractivity contribution is 5.51. The van der Waals surface area contributed by atoms with Crippen molar-refractivity contribution in [2.75, 3.05) is 0 Å². The molecule has 96 valence electrons. The second-order valence-corrected chi connectivity index (χ2v) is 3.83. The summed E-state index contributed by atoms with van der Waals surface area (Å²) in [5.41, 5.74) is 1.52. The van der Waals surface area contributed by atoms with Gasteiger partial charge in [-0.2, -0.15) is 0 Å². The molecule has 0 spiro atoms. The number of ether oxygens (including phenoxy) is 1. The zero-order valence-corrected chi connectivity index (χ0v) is 10.1. The Morgan fingerprint density at radius 2 is 1.00 bits per heavy atom. The lowest BCUT2D eigenvalue weighted by Gasteiger charge is -2.06. The van der Waals surface area contributed by atoms with E-state index >= 15 is 0 Å². The fourth-order valence-corrected chi connectivity index (χ4v) is 1.58. The lowest BCUT2D eigenvalue weighted by atomic mass is 10.2. The second kappa shape index (κ2) is 6.50. The van der Waals surface area contributed by atoms with Crippen LogP contribution in [0.15, 0.2) is 61.2 Å². The minimum atomic E-state index is 0.493. The van der Waals surface area contributed by atoms with E-state index in [0.29, 0.717) is 24.2 Å². The SMILES string of the molecule is FC=Cc1ccc(Oc2ccc(C=CF)cc2)cc1. The Kier molecular flexibility index (Phi) is 4.45. The number of benzene rings is 2. The van der Waals surface area contributed by atoms with E-state index in [0.717, 1.165) is 11.1 Å². The first kappa shape index (κ1) is 13.0. The van der Waals surface area contributed by atoms with Crippen LogP contribution in [-0.4, -0.2) is 0 Å². The molecule has 3 heteroatoms. The number of rotatable bonds is 4. The topological polar surface area (TPSA) is 9.23 Å². The molecule has 0 radical (unpaired) electrons. The average molecular weight is 258 g/mol. The molecule has 0 amide bonds. The molecule has 0 atom stereocenters. The van der Waals surface area contributed by atoms with E-state index in [9.17, 15) is 8.78 Å². The Morgan fingerprint density at radius 1 is 0.632 bits per heavy atom. The molecule has 2 aromatic carbocycles. The van der Waals surface area contributed by atoms with E-state index in [1.54, 1.807) is 48.5 Å². The van der Waals surface area contributed by atoms with Crippen LogP contribution in [0.25, 0.3) is 12.2 Å². The van der Waals surface area contributed by atoms with Crippen LogP contribution in [0.3, 0.4) is 0 Å². The highest BCUT2D eigenvalue weighted by Crippen LogP contribution is 2.22. The molecule has 0 unspecified atom stereocenters. The molecule has 0 aliphatic heterocycles. The molecule has 0 heterocycles. The quantitative estimate of drug-likeness (QED) is 0.717. The molecule has 0 aliphatic rings. The molecule has 0 aromatic heterocycles. The van der Waals surface area contributed by atoms with Gasteiger partial charge in [0.25, 0.3) is 0 Å². The summed E-state index contributed by atoms with van der Waals surface area (Å²) in [7, 11) is 0. The van der Waals surface area contributed by atoms with Crippen LogP contribution < -0.4 is 4.74 Å². The van der Waals surface area contributed by atoms with Gasteiger partial charge in [0.2, 0.25) is 0 Å². The largest absolute Gasteiger partial charge is 0.457 e. The maximum atomic E-state index is 12.0. The predicted octanol–water partition coefficient (Wildman–Crippen LogP) is 5.36. The van der Waals surface area contributed by atoms with Gasteiger partial charge in [-0.3, -0.25) is 0 Å². The summed E-state index contributed by atoms with van der Waals surface area (Å²) >= 11 is 0. The molecule has 19 heavy (non-hydrogen) atoms. The van der Waals surface area contributed by atoms with E-state index in [1.807, 2.05) is 0 Å². The van der Waals surface area contributed by atoms with Crippen LogP contribution in [0.5, 0.6) is 11.5 Å². The fourth-order valence-electron chi connectivity index (χ4n) is 1.58. The Morgan fingerprint density at radius 3 is 1.32 bits per heavy atom. The van der Waals surface area contributed by atoms with Crippen LogP contribution >= 0.6 is 0 Å². The molecule has 1 nitrogen and oxygen atoms in total.